The van der Waals surface area contributed by atoms with E-state index < -0.39 is 11.9 Å². The fourth-order valence-electron chi connectivity index (χ4n) is 1.83. The molecule has 2 aromatic carbocycles. The molecule has 2 rings (SSSR count). The Morgan fingerprint density at radius 1 is 0.667 bits per heavy atom. The number of rotatable bonds is 6. The Balaban J connectivity index is 2.10. The molecule has 0 unspecified atom stereocenters. The molecule has 24 heavy (non-hydrogen) atoms. The molecular weight excluding hydrogens is 308 g/mol. The smallest absolute Gasteiger partial charge is 0.335 e. The Morgan fingerprint density at radius 3 is 1.29 bits per heavy atom. The zero-order valence-electron chi connectivity index (χ0n) is 12.7. The standard InChI is InChI=1S/C19H14O5/c1-3-17(20)23-15-9-5-13(6-10-15)19(22)14-7-11-16(12-8-14)24-18(21)4-2/h3-12H,1-2H2. The highest BCUT2D eigenvalue weighted by molar-refractivity contribution is 6.09. The number of carbonyl (C=O) groups excluding carboxylic acids is 3. The van der Waals surface area contributed by atoms with Gasteiger partial charge in [-0.3, -0.25) is 4.79 Å². The van der Waals surface area contributed by atoms with Gasteiger partial charge in [-0.2, -0.15) is 0 Å². The Morgan fingerprint density at radius 2 is 1.00 bits per heavy atom. The number of esters is 2. The number of ether oxygens (including phenoxy) is 2. The summed E-state index contributed by atoms with van der Waals surface area (Å²) in [5, 5.41) is 0. The van der Waals surface area contributed by atoms with Gasteiger partial charge < -0.3 is 9.47 Å². The Bertz CT molecular complexity index is 718. The molecule has 0 aliphatic heterocycles. The van der Waals surface area contributed by atoms with Crippen molar-refractivity contribution < 1.29 is 23.9 Å². The van der Waals surface area contributed by atoms with Crippen LogP contribution in [0.1, 0.15) is 15.9 Å². The SMILES string of the molecule is C=CC(=O)Oc1ccc(C(=O)c2ccc(OC(=O)C=C)cc2)cc1. The van der Waals surface area contributed by atoms with Crippen LogP contribution in [0.3, 0.4) is 0 Å². The summed E-state index contributed by atoms with van der Waals surface area (Å²) >= 11 is 0. The van der Waals surface area contributed by atoms with Gasteiger partial charge in [-0.15, -0.1) is 0 Å². The fraction of sp³-hybridized carbons (Fsp3) is 0. The third-order valence-electron chi connectivity index (χ3n) is 3.00. The highest BCUT2D eigenvalue weighted by Gasteiger charge is 2.10. The molecule has 0 aromatic heterocycles. The minimum absolute atomic E-state index is 0.210. The lowest BCUT2D eigenvalue weighted by Gasteiger charge is -2.05. The maximum absolute atomic E-state index is 12.4. The van der Waals surface area contributed by atoms with Crippen LogP contribution in [0.15, 0.2) is 73.8 Å². The van der Waals surface area contributed by atoms with Crippen molar-refractivity contribution in [1.82, 2.24) is 0 Å². The van der Waals surface area contributed by atoms with E-state index in [0.717, 1.165) is 12.2 Å². The van der Waals surface area contributed by atoms with Crippen LogP contribution in [0, 0.1) is 0 Å². The topological polar surface area (TPSA) is 69.7 Å². The summed E-state index contributed by atoms with van der Waals surface area (Å²) in [6.45, 7) is 6.61. The molecule has 5 nitrogen and oxygen atoms in total. The molecule has 0 saturated carbocycles. The van der Waals surface area contributed by atoms with E-state index in [0.29, 0.717) is 22.6 Å². The first kappa shape index (κ1) is 16.9. The summed E-state index contributed by atoms with van der Waals surface area (Å²) in [6, 6.07) is 12.3. The second-order valence-corrected chi connectivity index (χ2v) is 4.63. The zero-order valence-corrected chi connectivity index (χ0v) is 12.7. The number of hydrogen-bond acceptors (Lipinski definition) is 5. The first-order chi connectivity index (χ1) is 11.5. The number of carbonyl (C=O) groups is 3. The lowest BCUT2D eigenvalue weighted by molar-refractivity contribution is -0.129. The van der Waals surface area contributed by atoms with E-state index in [1.54, 1.807) is 24.3 Å². The predicted octanol–water partition coefficient (Wildman–Crippen LogP) is 3.10. The molecule has 0 spiro atoms. The van der Waals surface area contributed by atoms with E-state index in [1.807, 2.05) is 0 Å². The number of ketones is 1. The Labute approximate surface area is 138 Å². The van der Waals surface area contributed by atoms with Crippen LogP contribution in [0.4, 0.5) is 0 Å². The highest BCUT2D eigenvalue weighted by Crippen LogP contribution is 2.18. The largest absolute Gasteiger partial charge is 0.423 e. The monoisotopic (exact) mass is 322 g/mol. The minimum Gasteiger partial charge on any atom is -0.423 e. The van der Waals surface area contributed by atoms with Gasteiger partial charge in [-0.05, 0) is 48.5 Å². The van der Waals surface area contributed by atoms with Gasteiger partial charge >= 0.3 is 11.9 Å². The second kappa shape index (κ2) is 7.69. The van der Waals surface area contributed by atoms with Gasteiger partial charge in [0.05, 0.1) is 0 Å². The summed E-state index contributed by atoms with van der Waals surface area (Å²) < 4.78 is 9.88. The molecular formula is C19H14O5. The van der Waals surface area contributed by atoms with Gasteiger partial charge in [-0.25, -0.2) is 9.59 Å². The van der Waals surface area contributed by atoms with E-state index in [4.69, 9.17) is 9.47 Å². The van der Waals surface area contributed by atoms with E-state index >= 15 is 0 Å². The third-order valence-corrected chi connectivity index (χ3v) is 3.00. The van der Waals surface area contributed by atoms with Gasteiger partial charge in [-0.1, -0.05) is 13.2 Å². The molecule has 0 atom stereocenters. The van der Waals surface area contributed by atoms with Crippen LogP contribution < -0.4 is 9.47 Å². The van der Waals surface area contributed by atoms with Gasteiger partial charge in [0.1, 0.15) is 11.5 Å². The summed E-state index contributed by atoms with van der Waals surface area (Å²) in [5.74, 6) is -0.707. The van der Waals surface area contributed by atoms with Gasteiger partial charge in [0.2, 0.25) is 0 Å². The van der Waals surface area contributed by atoms with Crippen LogP contribution >= 0.6 is 0 Å². The maximum Gasteiger partial charge on any atom is 0.335 e. The number of hydrogen-bond donors (Lipinski definition) is 0. The molecule has 120 valence electrons. The zero-order chi connectivity index (χ0) is 17.5. The molecule has 0 saturated heterocycles. The summed E-state index contributed by atoms with van der Waals surface area (Å²) in [5.41, 5.74) is 0.869. The van der Waals surface area contributed by atoms with Crippen molar-refractivity contribution in [2.75, 3.05) is 0 Å². The van der Waals surface area contributed by atoms with Crippen molar-refractivity contribution in [1.29, 1.82) is 0 Å². The predicted molar refractivity (Wildman–Crippen MR) is 88.0 cm³/mol. The van der Waals surface area contributed by atoms with Crippen molar-refractivity contribution >= 4 is 17.7 Å². The fourth-order valence-corrected chi connectivity index (χ4v) is 1.83. The summed E-state index contributed by atoms with van der Waals surface area (Å²) in [6.07, 6.45) is 2.11. The van der Waals surface area contributed by atoms with Gasteiger partial charge in [0, 0.05) is 23.3 Å². The Hall–Kier alpha value is -3.47. The molecule has 5 heteroatoms. The van der Waals surface area contributed by atoms with E-state index in [1.165, 1.54) is 24.3 Å². The molecule has 0 radical (unpaired) electrons. The molecule has 0 amide bonds. The first-order valence-corrected chi connectivity index (χ1v) is 6.97. The molecule has 0 fully saturated rings. The molecule has 0 aliphatic carbocycles. The van der Waals surface area contributed by atoms with Crippen LogP contribution in [-0.2, 0) is 9.59 Å². The van der Waals surface area contributed by atoms with Crippen molar-refractivity contribution in [2.24, 2.45) is 0 Å². The summed E-state index contributed by atoms with van der Waals surface area (Å²) in [4.78, 5) is 34.6. The summed E-state index contributed by atoms with van der Waals surface area (Å²) in [7, 11) is 0. The van der Waals surface area contributed by atoms with Crippen molar-refractivity contribution in [2.45, 2.75) is 0 Å². The Kier molecular flexibility index (Phi) is 5.41. The molecule has 0 bridgehead atoms. The maximum atomic E-state index is 12.4. The van der Waals surface area contributed by atoms with E-state index in [9.17, 15) is 14.4 Å². The average molecular weight is 322 g/mol. The normalized spacial score (nSPS) is 9.67. The van der Waals surface area contributed by atoms with Crippen LogP contribution in [0.2, 0.25) is 0 Å². The number of benzene rings is 2. The van der Waals surface area contributed by atoms with Crippen LogP contribution in [0.5, 0.6) is 11.5 Å². The average Bonchev–Trinajstić information content (AvgIpc) is 2.62. The highest BCUT2D eigenvalue weighted by atomic mass is 16.5. The van der Waals surface area contributed by atoms with Crippen molar-refractivity contribution in [3.63, 3.8) is 0 Å². The minimum atomic E-state index is -0.571. The molecule has 0 heterocycles. The van der Waals surface area contributed by atoms with Crippen LogP contribution in [0.25, 0.3) is 0 Å². The molecule has 2 aromatic rings. The molecule has 0 aliphatic rings. The van der Waals surface area contributed by atoms with Crippen molar-refractivity contribution in [3.8, 4) is 11.5 Å². The second-order valence-electron chi connectivity index (χ2n) is 4.63. The third kappa shape index (κ3) is 4.27. The van der Waals surface area contributed by atoms with Crippen LogP contribution in [-0.4, -0.2) is 17.7 Å². The van der Waals surface area contributed by atoms with Gasteiger partial charge in [0.15, 0.2) is 5.78 Å². The first-order valence-electron chi connectivity index (χ1n) is 6.97. The van der Waals surface area contributed by atoms with E-state index in [-0.39, 0.29) is 5.78 Å². The lowest BCUT2D eigenvalue weighted by Crippen LogP contribution is -2.05. The lowest BCUT2D eigenvalue weighted by atomic mass is 10.0. The molecule has 0 N–H and O–H groups in total. The van der Waals surface area contributed by atoms with E-state index in [2.05, 4.69) is 13.2 Å². The van der Waals surface area contributed by atoms with Gasteiger partial charge in [0.25, 0.3) is 0 Å². The van der Waals surface area contributed by atoms with Crippen molar-refractivity contribution in [3.05, 3.63) is 85.0 Å². The quantitative estimate of drug-likeness (QED) is 0.354.